The van der Waals surface area contributed by atoms with E-state index in [9.17, 15) is 0 Å². The van der Waals surface area contributed by atoms with Gasteiger partial charge in [0.1, 0.15) is 7.05 Å². The maximum Gasteiger partial charge on any atom is 0.399 e. The monoisotopic (exact) mass is 263 g/mol. The molecule has 0 spiro atoms. The van der Waals surface area contributed by atoms with Crippen molar-refractivity contribution in [3.63, 3.8) is 0 Å². The minimum Gasteiger partial charge on any atom is -0.404 e. The van der Waals surface area contributed by atoms with E-state index in [1.54, 1.807) is 0 Å². The van der Waals surface area contributed by atoms with Crippen molar-refractivity contribution in [3.05, 3.63) is 59.2 Å². The van der Waals surface area contributed by atoms with Crippen molar-refractivity contribution in [1.82, 2.24) is 0 Å². The standard InChI is InChI=1S/C17H20BN2/c1-13-9-10-17(19(3)12-13)18-14(2)11-15-7-5-6-8-16(15)20(18)4/h5-12H,1-4H3/q+1. The van der Waals surface area contributed by atoms with E-state index in [0.29, 0.717) is 6.85 Å². The summed E-state index contributed by atoms with van der Waals surface area (Å²) < 4.78 is 2.24. The van der Waals surface area contributed by atoms with Gasteiger partial charge in [0.15, 0.2) is 11.8 Å². The van der Waals surface area contributed by atoms with Crippen LogP contribution < -0.4 is 15.0 Å². The molecule has 0 radical (unpaired) electrons. The van der Waals surface area contributed by atoms with Crippen LogP contribution in [0.3, 0.4) is 0 Å². The lowest BCUT2D eigenvalue weighted by Crippen LogP contribution is -2.62. The molecule has 0 N–H and O–H groups in total. The Kier molecular flexibility index (Phi) is 3.13. The van der Waals surface area contributed by atoms with Crippen molar-refractivity contribution in [2.75, 3.05) is 11.9 Å². The first-order valence-electron chi connectivity index (χ1n) is 7.04. The first-order chi connectivity index (χ1) is 9.58. The Morgan fingerprint density at radius 1 is 1.05 bits per heavy atom. The molecule has 0 unspecified atom stereocenters. The van der Waals surface area contributed by atoms with Crippen molar-refractivity contribution in [3.8, 4) is 0 Å². The van der Waals surface area contributed by atoms with Crippen molar-refractivity contribution in [1.29, 1.82) is 0 Å². The summed E-state index contributed by atoms with van der Waals surface area (Å²) in [6.07, 6.45) is 4.50. The largest absolute Gasteiger partial charge is 0.404 e. The van der Waals surface area contributed by atoms with Crippen LogP contribution in [0.4, 0.5) is 5.69 Å². The Bertz CT molecular complexity index is 691. The van der Waals surface area contributed by atoms with E-state index in [1.165, 1.54) is 27.9 Å². The van der Waals surface area contributed by atoms with E-state index in [2.05, 4.69) is 86.0 Å². The van der Waals surface area contributed by atoms with Crippen LogP contribution in [0.1, 0.15) is 18.1 Å². The molecule has 0 amide bonds. The summed E-state index contributed by atoms with van der Waals surface area (Å²) in [5.41, 5.74) is 6.59. The zero-order valence-corrected chi connectivity index (χ0v) is 12.6. The predicted octanol–water partition coefficient (Wildman–Crippen LogP) is 2.11. The third kappa shape index (κ3) is 2.03. The molecule has 0 saturated carbocycles. The molecular formula is C17H20BN2+. The third-order valence-electron chi connectivity index (χ3n) is 4.12. The van der Waals surface area contributed by atoms with Gasteiger partial charge in [0.25, 0.3) is 0 Å². The highest BCUT2D eigenvalue weighted by molar-refractivity contribution is 6.82. The van der Waals surface area contributed by atoms with Gasteiger partial charge in [-0.1, -0.05) is 29.7 Å². The summed E-state index contributed by atoms with van der Waals surface area (Å²) in [5.74, 6) is 0. The highest BCUT2D eigenvalue weighted by atomic mass is 15.1. The molecule has 0 fully saturated rings. The van der Waals surface area contributed by atoms with Crippen LogP contribution in [0, 0.1) is 6.92 Å². The second kappa shape index (κ2) is 4.82. The first kappa shape index (κ1) is 13.0. The second-order valence-electron chi connectivity index (χ2n) is 5.70. The third-order valence-corrected chi connectivity index (χ3v) is 4.12. The summed E-state index contributed by atoms with van der Waals surface area (Å²) >= 11 is 0. The fourth-order valence-corrected chi connectivity index (χ4v) is 3.17. The van der Waals surface area contributed by atoms with E-state index in [1.807, 2.05) is 0 Å². The number of benzene rings is 1. The van der Waals surface area contributed by atoms with E-state index in [-0.39, 0.29) is 0 Å². The Balaban J connectivity index is 2.12. The van der Waals surface area contributed by atoms with E-state index in [0.717, 1.165) is 0 Å². The number of para-hydroxylation sites is 1. The number of anilines is 1. The molecule has 1 aliphatic rings. The Morgan fingerprint density at radius 3 is 2.55 bits per heavy atom. The predicted molar refractivity (Wildman–Crippen MR) is 86.2 cm³/mol. The average molecular weight is 263 g/mol. The lowest BCUT2D eigenvalue weighted by Gasteiger charge is -2.31. The quantitative estimate of drug-likeness (QED) is 0.564. The maximum absolute atomic E-state index is 2.37. The van der Waals surface area contributed by atoms with Crippen LogP contribution in [0.5, 0.6) is 0 Å². The van der Waals surface area contributed by atoms with Crippen molar-refractivity contribution >= 4 is 24.2 Å². The fourth-order valence-electron chi connectivity index (χ4n) is 3.17. The van der Waals surface area contributed by atoms with Gasteiger partial charge in [0.05, 0.1) is 0 Å². The van der Waals surface area contributed by atoms with Crippen LogP contribution in [0.15, 0.2) is 48.1 Å². The zero-order chi connectivity index (χ0) is 14.3. The van der Waals surface area contributed by atoms with Gasteiger partial charge in [-0.15, -0.1) is 0 Å². The van der Waals surface area contributed by atoms with Crippen LogP contribution in [0.2, 0.25) is 0 Å². The summed E-state index contributed by atoms with van der Waals surface area (Å²) in [6.45, 7) is 4.65. The van der Waals surface area contributed by atoms with Gasteiger partial charge in [-0.05, 0) is 44.7 Å². The summed E-state index contributed by atoms with van der Waals surface area (Å²) in [7, 11) is 4.31. The van der Waals surface area contributed by atoms with Gasteiger partial charge in [-0.3, -0.25) is 0 Å². The molecule has 2 aromatic rings. The number of allylic oxidation sites excluding steroid dienone is 1. The summed E-state index contributed by atoms with van der Waals surface area (Å²) in [6, 6.07) is 13.0. The molecule has 0 atom stereocenters. The highest BCUT2D eigenvalue weighted by Crippen LogP contribution is 2.28. The minimum absolute atomic E-state index is 0.301. The number of nitrogens with zero attached hydrogens (tertiary/aromatic N) is 2. The molecule has 3 heteroatoms. The fraction of sp³-hybridized carbons (Fsp3) is 0.235. The Labute approximate surface area is 121 Å². The van der Waals surface area contributed by atoms with Gasteiger partial charge in [0.2, 0.25) is 0 Å². The maximum atomic E-state index is 2.37. The molecule has 1 aromatic carbocycles. The molecule has 3 rings (SSSR count). The van der Waals surface area contributed by atoms with Crippen LogP contribution >= 0.6 is 0 Å². The number of aryl methyl sites for hydroxylation is 2. The Morgan fingerprint density at radius 2 is 1.80 bits per heavy atom. The molecule has 100 valence electrons. The van der Waals surface area contributed by atoms with Crippen molar-refractivity contribution in [2.45, 2.75) is 13.8 Å². The number of hydrogen-bond donors (Lipinski definition) is 0. The molecule has 0 saturated heterocycles. The van der Waals surface area contributed by atoms with Gasteiger partial charge in [-0.25, -0.2) is 4.57 Å². The van der Waals surface area contributed by atoms with Crippen molar-refractivity contribution < 1.29 is 4.57 Å². The summed E-state index contributed by atoms with van der Waals surface area (Å²) in [4.78, 5) is 2.37. The highest BCUT2D eigenvalue weighted by Gasteiger charge is 2.35. The molecule has 0 aliphatic carbocycles. The molecular weight excluding hydrogens is 243 g/mol. The number of fused-ring (bicyclic) bond motifs is 1. The topological polar surface area (TPSA) is 7.12 Å². The molecule has 20 heavy (non-hydrogen) atoms. The van der Waals surface area contributed by atoms with Gasteiger partial charge in [0, 0.05) is 11.3 Å². The van der Waals surface area contributed by atoms with Gasteiger partial charge in [-0.2, -0.15) is 0 Å². The van der Waals surface area contributed by atoms with Crippen LogP contribution in [-0.4, -0.2) is 13.9 Å². The molecule has 0 bridgehead atoms. The Hall–Kier alpha value is -2.03. The van der Waals surface area contributed by atoms with E-state index < -0.39 is 0 Å². The minimum atomic E-state index is 0.301. The molecule has 2 heterocycles. The lowest BCUT2D eigenvalue weighted by atomic mass is 9.49. The number of aromatic nitrogens is 1. The van der Waals surface area contributed by atoms with Gasteiger partial charge < -0.3 is 4.81 Å². The molecule has 2 nitrogen and oxygen atoms in total. The van der Waals surface area contributed by atoms with E-state index >= 15 is 0 Å². The van der Waals surface area contributed by atoms with Gasteiger partial charge >= 0.3 is 6.85 Å². The first-order valence-corrected chi connectivity index (χ1v) is 7.04. The molecule has 1 aromatic heterocycles. The number of hydrogen-bond acceptors (Lipinski definition) is 1. The summed E-state index contributed by atoms with van der Waals surface area (Å²) in [5, 5.41) is 0. The average Bonchev–Trinajstić information content (AvgIpc) is 2.41. The zero-order valence-electron chi connectivity index (χ0n) is 12.6. The van der Waals surface area contributed by atoms with Crippen LogP contribution in [-0.2, 0) is 7.05 Å². The van der Waals surface area contributed by atoms with E-state index in [4.69, 9.17) is 0 Å². The number of pyridine rings is 1. The normalized spacial score (nSPS) is 14.1. The van der Waals surface area contributed by atoms with Crippen LogP contribution in [0.25, 0.3) is 6.08 Å². The number of rotatable bonds is 1. The molecule has 1 aliphatic heterocycles. The smallest absolute Gasteiger partial charge is 0.399 e. The second-order valence-corrected chi connectivity index (χ2v) is 5.70. The van der Waals surface area contributed by atoms with Crippen molar-refractivity contribution in [2.24, 2.45) is 7.05 Å². The SMILES string of the molecule is CC1=Cc2ccccc2N(C)B1c1ccc(C)c[n+]1C. The lowest BCUT2D eigenvalue weighted by molar-refractivity contribution is -0.654.